The van der Waals surface area contributed by atoms with Crippen molar-refractivity contribution in [2.24, 2.45) is 5.92 Å². The summed E-state index contributed by atoms with van der Waals surface area (Å²) in [6.45, 7) is 7.01. The van der Waals surface area contributed by atoms with Crippen LogP contribution in [0, 0.1) is 5.92 Å². The van der Waals surface area contributed by atoms with Crippen LogP contribution in [-0.2, 0) is 26.0 Å². The van der Waals surface area contributed by atoms with Crippen LogP contribution in [0.2, 0.25) is 5.02 Å². The highest BCUT2D eigenvalue weighted by molar-refractivity contribution is 7.92. The van der Waals surface area contributed by atoms with Crippen molar-refractivity contribution in [1.82, 2.24) is 10.2 Å². The summed E-state index contributed by atoms with van der Waals surface area (Å²) in [6.07, 6.45) is 2.68. The number of halogens is 1. The van der Waals surface area contributed by atoms with Gasteiger partial charge in [-0.3, -0.25) is 13.9 Å². The number of sulfonamides is 1. The molecule has 9 heteroatoms. The fraction of sp³-hybridized carbons (Fsp3) is 0.481. The molecule has 2 amide bonds. The van der Waals surface area contributed by atoms with Gasteiger partial charge in [-0.25, -0.2) is 8.42 Å². The number of hydrogen-bond donors (Lipinski definition) is 1. The smallest absolute Gasteiger partial charge is 0.242 e. The molecule has 0 heterocycles. The molecule has 0 unspecified atom stereocenters. The molecule has 198 valence electrons. The molecule has 0 spiro atoms. The Balaban J connectivity index is 2.15. The highest BCUT2D eigenvalue weighted by Gasteiger charge is 2.28. The van der Waals surface area contributed by atoms with Gasteiger partial charge in [-0.05, 0) is 48.9 Å². The number of carbonyl (C=O) groups is 2. The van der Waals surface area contributed by atoms with Crippen molar-refractivity contribution in [2.75, 3.05) is 30.2 Å². The number of nitrogens with one attached hydrogen (secondary N) is 1. The fourth-order valence-electron chi connectivity index (χ4n) is 3.95. The van der Waals surface area contributed by atoms with Gasteiger partial charge in [0.15, 0.2) is 0 Å². The molecule has 0 saturated carbocycles. The molecule has 2 aromatic rings. The number of amides is 2. The third-order valence-electron chi connectivity index (χ3n) is 5.80. The van der Waals surface area contributed by atoms with Gasteiger partial charge in [0.25, 0.3) is 0 Å². The zero-order valence-corrected chi connectivity index (χ0v) is 23.2. The Morgan fingerprint density at radius 3 is 2.31 bits per heavy atom. The van der Waals surface area contributed by atoms with E-state index in [1.165, 1.54) is 4.31 Å². The average Bonchev–Trinajstić information content (AvgIpc) is 2.82. The average molecular weight is 536 g/mol. The van der Waals surface area contributed by atoms with Crippen LogP contribution in [0.3, 0.4) is 0 Å². The van der Waals surface area contributed by atoms with E-state index in [0.29, 0.717) is 49.0 Å². The Labute approximate surface area is 220 Å². The minimum atomic E-state index is -3.56. The highest BCUT2D eigenvalue weighted by Crippen LogP contribution is 2.22. The first kappa shape index (κ1) is 29.6. The van der Waals surface area contributed by atoms with Gasteiger partial charge in [-0.1, -0.05) is 68.8 Å². The van der Waals surface area contributed by atoms with E-state index < -0.39 is 16.1 Å². The van der Waals surface area contributed by atoms with Gasteiger partial charge in [0.1, 0.15) is 6.04 Å². The standard InChI is InChI=1S/C27H38ClN3O4S/c1-5-25(27(33)29-20-21(2)3)30(18-16-22-11-7-6-8-12-22)26(32)15-10-17-31(36(4,34)35)24-14-9-13-23(28)19-24/h6-9,11-14,19,21,25H,5,10,15-18,20H2,1-4H3,(H,29,33)/t25-/m0/s1. The summed E-state index contributed by atoms with van der Waals surface area (Å²) in [6, 6.07) is 15.9. The molecule has 1 N–H and O–H groups in total. The molecule has 0 bridgehead atoms. The maximum Gasteiger partial charge on any atom is 0.242 e. The third kappa shape index (κ3) is 9.47. The maximum atomic E-state index is 13.4. The summed E-state index contributed by atoms with van der Waals surface area (Å²) >= 11 is 6.06. The van der Waals surface area contributed by atoms with Crippen molar-refractivity contribution in [3.05, 3.63) is 65.2 Å². The van der Waals surface area contributed by atoms with Crippen LogP contribution in [0.1, 0.15) is 45.6 Å². The molecule has 0 aromatic heterocycles. The molecule has 7 nitrogen and oxygen atoms in total. The molecular weight excluding hydrogens is 498 g/mol. The van der Waals surface area contributed by atoms with Gasteiger partial charge >= 0.3 is 0 Å². The Kier molecular flexibility index (Phi) is 11.7. The summed E-state index contributed by atoms with van der Waals surface area (Å²) < 4.78 is 26.1. The number of carbonyl (C=O) groups excluding carboxylic acids is 2. The van der Waals surface area contributed by atoms with Crippen molar-refractivity contribution < 1.29 is 18.0 Å². The normalized spacial score (nSPS) is 12.3. The van der Waals surface area contributed by atoms with Gasteiger partial charge < -0.3 is 10.2 Å². The first-order valence-corrected chi connectivity index (χ1v) is 14.6. The van der Waals surface area contributed by atoms with Gasteiger partial charge in [-0.2, -0.15) is 0 Å². The zero-order valence-electron chi connectivity index (χ0n) is 21.6. The number of rotatable bonds is 14. The minimum absolute atomic E-state index is 0.120. The lowest BCUT2D eigenvalue weighted by molar-refractivity contribution is -0.140. The Morgan fingerprint density at radius 1 is 1.03 bits per heavy atom. The van der Waals surface area contributed by atoms with Crippen LogP contribution in [-0.4, -0.2) is 57.1 Å². The third-order valence-corrected chi connectivity index (χ3v) is 7.23. The van der Waals surface area contributed by atoms with Crippen molar-refractivity contribution in [3.8, 4) is 0 Å². The minimum Gasteiger partial charge on any atom is -0.354 e. The predicted molar refractivity (Wildman–Crippen MR) is 147 cm³/mol. The molecule has 0 saturated heterocycles. The first-order valence-electron chi connectivity index (χ1n) is 12.4. The molecule has 36 heavy (non-hydrogen) atoms. The highest BCUT2D eigenvalue weighted by atomic mass is 35.5. The van der Waals surface area contributed by atoms with Crippen LogP contribution in [0.5, 0.6) is 0 Å². The van der Waals surface area contributed by atoms with E-state index in [1.807, 2.05) is 51.1 Å². The Hall–Kier alpha value is -2.58. The SMILES string of the molecule is CC[C@@H](C(=O)NCC(C)C)N(CCc1ccccc1)C(=O)CCCN(c1cccc(Cl)c1)S(C)(=O)=O. The van der Waals surface area contributed by atoms with Gasteiger partial charge in [0, 0.05) is 31.1 Å². The van der Waals surface area contributed by atoms with E-state index >= 15 is 0 Å². The molecule has 1 atom stereocenters. The predicted octanol–water partition coefficient (Wildman–Crippen LogP) is 4.51. The Bertz CT molecular complexity index is 1090. The van der Waals surface area contributed by atoms with Crippen molar-refractivity contribution in [2.45, 2.75) is 52.5 Å². The van der Waals surface area contributed by atoms with Crippen molar-refractivity contribution in [1.29, 1.82) is 0 Å². The lowest BCUT2D eigenvalue weighted by Crippen LogP contribution is -2.50. The van der Waals surface area contributed by atoms with E-state index in [-0.39, 0.29) is 24.8 Å². The van der Waals surface area contributed by atoms with Crippen LogP contribution >= 0.6 is 11.6 Å². The molecular formula is C27H38ClN3O4S. The van der Waals surface area contributed by atoms with Crippen LogP contribution in [0.25, 0.3) is 0 Å². The summed E-state index contributed by atoms with van der Waals surface area (Å²) in [4.78, 5) is 28.0. The Morgan fingerprint density at radius 2 is 1.72 bits per heavy atom. The van der Waals surface area contributed by atoms with Crippen LogP contribution in [0.4, 0.5) is 5.69 Å². The van der Waals surface area contributed by atoms with Crippen molar-refractivity contribution >= 4 is 39.1 Å². The maximum absolute atomic E-state index is 13.4. The van der Waals surface area contributed by atoms with Gasteiger partial charge in [0.05, 0.1) is 11.9 Å². The summed E-state index contributed by atoms with van der Waals surface area (Å²) in [5.41, 5.74) is 1.54. The summed E-state index contributed by atoms with van der Waals surface area (Å²) in [5, 5.41) is 3.39. The lowest BCUT2D eigenvalue weighted by Gasteiger charge is -2.31. The second-order valence-corrected chi connectivity index (χ2v) is 11.6. The molecule has 2 aromatic carbocycles. The van der Waals surface area contributed by atoms with Crippen LogP contribution in [0.15, 0.2) is 54.6 Å². The van der Waals surface area contributed by atoms with E-state index in [0.717, 1.165) is 11.8 Å². The number of benzene rings is 2. The summed E-state index contributed by atoms with van der Waals surface area (Å²) in [7, 11) is -3.56. The van der Waals surface area contributed by atoms with E-state index in [1.54, 1.807) is 29.2 Å². The number of anilines is 1. The quantitative estimate of drug-likeness (QED) is 0.385. The van der Waals surface area contributed by atoms with E-state index in [9.17, 15) is 18.0 Å². The molecule has 0 fully saturated rings. The van der Waals surface area contributed by atoms with E-state index in [4.69, 9.17) is 11.6 Å². The second-order valence-electron chi connectivity index (χ2n) is 9.30. The van der Waals surface area contributed by atoms with E-state index in [2.05, 4.69) is 5.32 Å². The van der Waals surface area contributed by atoms with Gasteiger partial charge in [-0.15, -0.1) is 0 Å². The second kappa shape index (κ2) is 14.2. The first-order chi connectivity index (χ1) is 17.0. The molecule has 0 radical (unpaired) electrons. The monoisotopic (exact) mass is 535 g/mol. The largest absolute Gasteiger partial charge is 0.354 e. The van der Waals surface area contributed by atoms with Crippen LogP contribution < -0.4 is 9.62 Å². The lowest BCUT2D eigenvalue weighted by atomic mass is 10.1. The van der Waals surface area contributed by atoms with Gasteiger partial charge in [0.2, 0.25) is 21.8 Å². The molecule has 2 rings (SSSR count). The fourth-order valence-corrected chi connectivity index (χ4v) is 5.10. The molecule has 0 aliphatic rings. The zero-order chi connectivity index (χ0) is 26.7. The number of hydrogen-bond acceptors (Lipinski definition) is 4. The molecule has 0 aliphatic heterocycles. The molecule has 0 aliphatic carbocycles. The van der Waals surface area contributed by atoms with Crippen molar-refractivity contribution in [3.63, 3.8) is 0 Å². The topological polar surface area (TPSA) is 86.8 Å². The summed E-state index contributed by atoms with van der Waals surface area (Å²) in [5.74, 6) is -0.0327. The number of nitrogens with zero attached hydrogens (tertiary/aromatic N) is 2.